The van der Waals surface area contributed by atoms with E-state index in [4.69, 9.17) is 14.5 Å². The lowest BCUT2D eigenvalue weighted by Gasteiger charge is -2.32. The van der Waals surface area contributed by atoms with Crippen LogP contribution in [0, 0.1) is 17.0 Å². The van der Waals surface area contributed by atoms with Crippen LogP contribution in [0.1, 0.15) is 38.7 Å². The van der Waals surface area contributed by atoms with E-state index in [1.54, 1.807) is 6.07 Å². The predicted octanol–water partition coefficient (Wildman–Crippen LogP) is 5.18. The average molecular weight is 638 g/mol. The number of benzene rings is 2. The van der Waals surface area contributed by atoms with Gasteiger partial charge in [0.15, 0.2) is 5.82 Å². The third kappa shape index (κ3) is 5.29. The Hall–Kier alpha value is -3.74. The molecule has 0 aliphatic carbocycles. The lowest BCUT2D eigenvalue weighted by atomic mass is 9.92. The van der Waals surface area contributed by atoms with Gasteiger partial charge in [-0.3, -0.25) is 9.88 Å². The third-order valence-electron chi connectivity index (χ3n) is 9.85. The van der Waals surface area contributed by atoms with Crippen molar-refractivity contribution in [3.8, 4) is 23.0 Å². The predicted molar refractivity (Wildman–Crippen MR) is 168 cm³/mol. The Morgan fingerprint density at radius 3 is 2.83 bits per heavy atom. The number of aryl methyl sites for hydroxylation is 1. The van der Waals surface area contributed by atoms with E-state index < -0.39 is 28.8 Å². The standard InChI is InChI=1S/C34H38F3N5O4/c1-3-23-26(36)6-5-20-11-22(44)12-24(27(20)23)29-28(37)30-25(14-38-29)31(41-9-10-45-18-33(2,16-41)17-43)40-32(39-30)46-19-34-7-4-8-42(34)15-21(35)13-34/h5-6,11-12,14,21,43-44H,3-4,7-10,13,15-19H2,1-2H3/t21?,33?,34-/m0/s1. The van der Waals surface area contributed by atoms with Gasteiger partial charge in [0.25, 0.3) is 0 Å². The zero-order valence-corrected chi connectivity index (χ0v) is 26.0. The molecule has 46 heavy (non-hydrogen) atoms. The van der Waals surface area contributed by atoms with Crippen LogP contribution in [0.3, 0.4) is 0 Å². The number of nitrogens with zero attached hydrogens (tertiary/aromatic N) is 5. The van der Waals surface area contributed by atoms with E-state index in [0.29, 0.717) is 73.2 Å². The number of aromatic nitrogens is 3. The maximum Gasteiger partial charge on any atom is 0.319 e. The lowest BCUT2D eigenvalue weighted by molar-refractivity contribution is 0.0406. The molecule has 3 atom stereocenters. The van der Waals surface area contributed by atoms with Gasteiger partial charge in [0.1, 0.15) is 41.4 Å². The molecule has 2 unspecified atom stereocenters. The summed E-state index contributed by atoms with van der Waals surface area (Å²) in [4.78, 5) is 17.9. The molecule has 2 aromatic heterocycles. The molecule has 0 amide bonds. The SMILES string of the molecule is CCc1c(F)ccc2cc(O)cc(-c3ncc4c(N5CCOCC(C)(CO)C5)nc(OC[C@@]56CCCN5CC(F)C6)nc4c3F)c12. The Labute approximate surface area is 265 Å². The van der Waals surface area contributed by atoms with Crippen LogP contribution >= 0.6 is 0 Å². The number of hydrogen-bond acceptors (Lipinski definition) is 9. The Morgan fingerprint density at radius 2 is 2.02 bits per heavy atom. The number of hydrogen-bond donors (Lipinski definition) is 2. The summed E-state index contributed by atoms with van der Waals surface area (Å²) in [6.45, 7) is 6.40. The molecule has 12 heteroatoms. The molecule has 0 spiro atoms. The number of anilines is 1. The molecule has 3 aliphatic heterocycles. The van der Waals surface area contributed by atoms with Gasteiger partial charge >= 0.3 is 6.01 Å². The molecule has 2 aromatic carbocycles. The first-order valence-electron chi connectivity index (χ1n) is 15.9. The summed E-state index contributed by atoms with van der Waals surface area (Å²) in [7, 11) is 0. The van der Waals surface area contributed by atoms with E-state index in [1.807, 2.05) is 18.7 Å². The number of aromatic hydroxyl groups is 1. The van der Waals surface area contributed by atoms with Crippen molar-refractivity contribution in [3.63, 3.8) is 0 Å². The number of rotatable bonds is 7. The van der Waals surface area contributed by atoms with Crippen LogP contribution < -0.4 is 9.64 Å². The van der Waals surface area contributed by atoms with Gasteiger partial charge in [-0.1, -0.05) is 19.9 Å². The van der Waals surface area contributed by atoms with Crippen molar-refractivity contribution in [2.45, 2.75) is 51.2 Å². The van der Waals surface area contributed by atoms with E-state index in [9.17, 15) is 19.0 Å². The van der Waals surface area contributed by atoms with E-state index in [1.165, 1.54) is 24.4 Å². The van der Waals surface area contributed by atoms with Crippen molar-refractivity contribution >= 4 is 27.5 Å². The summed E-state index contributed by atoms with van der Waals surface area (Å²) in [6, 6.07) is 5.73. The normalized spacial score (nSPS) is 25.3. The van der Waals surface area contributed by atoms with Crippen LogP contribution in [0.2, 0.25) is 0 Å². The van der Waals surface area contributed by atoms with E-state index in [-0.39, 0.29) is 41.7 Å². The zero-order valence-electron chi connectivity index (χ0n) is 26.0. The van der Waals surface area contributed by atoms with Crippen LogP contribution in [0.4, 0.5) is 19.0 Å². The smallest absolute Gasteiger partial charge is 0.319 e. The minimum atomic E-state index is -0.939. The molecular weight excluding hydrogens is 599 g/mol. The molecule has 244 valence electrons. The molecule has 0 radical (unpaired) electrons. The highest BCUT2D eigenvalue weighted by atomic mass is 19.1. The van der Waals surface area contributed by atoms with Gasteiger partial charge in [-0.2, -0.15) is 9.97 Å². The third-order valence-corrected chi connectivity index (χ3v) is 9.85. The van der Waals surface area contributed by atoms with Crippen LogP contribution in [0.5, 0.6) is 11.8 Å². The first kappa shape index (κ1) is 30.9. The van der Waals surface area contributed by atoms with Gasteiger partial charge in [0, 0.05) is 43.2 Å². The number of fused-ring (bicyclic) bond motifs is 3. The van der Waals surface area contributed by atoms with Crippen LogP contribution in [-0.2, 0) is 11.2 Å². The lowest BCUT2D eigenvalue weighted by Crippen LogP contribution is -2.43. The van der Waals surface area contributed by atoms with Crippen molar-refractivity contribution < 1.29 is 32.9 Å². The number of phenols is 1. The van der Waals surface area contributed by atoms with Crippen molar-refractivity contribution in [1.29, 1.82) is 0 Å². The molecule has 2 N–H and O–H groups in total. The van der Waals surface area contributed by atoms with E-state index in [0.717, 1.165) is 19.4 Å². The Balaban J connectivity index is 1.39. The molecular formula is C34H38F3N5O4. The molecule has 3 aliphatic rings. The fourth-order valence-electron chi connectivity index (χ4n) is 7.55. The number of pyridine rings is 1. The van der Waals surface area contributed by atoms with Crippen LogP contribution in [0.25, 0.3) is 32.9 Å². The number of halogens is 3. The summed E-state index contributed by atoms with van der Waals surface area (Å²) in [5, 5.41) is 22.1. The van der Waals surface area contributed by atoms with Crippen LogP contribution in [0.15, 0.2) is 30.5 Å². The summed E-state index contributed by atoms with van der Waals surface area (Å²) >= 11 is 0. The van der Waals surface area contributed by atoms with Gasteiger partial charge in [-0.15, -0.1) is 0 Å². The number of alkyl halides is 1. The van der Waals surface area contributed by atoms with Crippen molar-refractivity contribution in [1.82, 2.24) is 19.9 Å². The highest BCUT2D eigenvalue weighted by molar-refractivity contribution is 6.01. The zero-order chi connectivity index (χ0) is 32.2. The van der Waals surface area contributed by atoms with Gasteiger partial charge in [-0.05, 0) is 60.3 Å². The molecule has 0 saturated carbocycles. The first-order valence-corrected chi connectivity index (χ1v) is 15.9. The molecule has 0 bridgehead atoms. The summed E-state index contributed by atoms with van der Waals surface area (Å²) in [5.74, 6) is -0.937. The molecule has 4 aromatic rings. The van der Waals surface area contributed by atoms with Gasteiger partial charge in [0.2, 0.25) is 0 Å². The Kier molecular flexibility index (Phi) is 7.93. The van der Waals surface area contributed by atoms with Crippen molar-refractivity contribution in [3.05, 3.63) is 47.7 Å². The summed E-state index contributed by atoms with van der Waals surface area (Å²) < 4.78 is 58.3. The number of aliphatic hydroxyl groups is 1. The molecule has 9 nitrogen and oxygen atoms in total. The fourth-order valence-corrected chi connectivity index (χ4v) is 7.55. The summed E-state index contributed by atoms with van der Waals surface area (Å²) in [5.41, 5.74) is -0.595. The molecule has 5 heterocycles. The highest BCUT2D eigenvalue weighted by Crippen LogP contribution is 2.42. The minimum Gasteiger partial charge on any atom is -0.508 e. The highest BCUT2D eigenvalue weighted by Gasteiger charge is 2.49. The maximum absolute atomic E-state index is 16.9. The largest absolute Gasteiger partial charge is 0.508 e. The topological polar surface area (TPSA) is 104 Å². The maximum atomic E-state index is 16.9. The monoisotopic (exact) mass is 637 g/mol. The number of ether oxygens (including phenoxy) is 2. The van der Waals surface area contributed by atoms with Crippen LogP contribution in [-0.4, -0.2) is 94.4 Å². The van der Waals surface area contributed by atoms with E-state index in [2.05, 4.69) is 14.9 Å². The molecule has 7 rings (SSSR count). The van der Waals surface area contributed by atoms with Gasteiger partial charge in [0.05, 0.1) is 30.7 Å². The Bertz CT molecular complexity index is 1810. The second-order valence-electron chi connectivity index (χ2n) is 13.3. The second kappa shape index (κ2) is 11.8. The van der Waals surface area contributed by atoms with Crippen molar-refractivity contribution in [2.75, 3.05) is 57.5 Å². The van der Waals surface area contributed by atoms with Crippen molar-refractivity contribution in [2.24, 2.45) is 5.41 Å². The van der Waals surface area contributed by atoms with Gasteiger partial charge in [-0.25, -0.2) is 13.2 Å². The first-order chi connectivity index (χ1) is 22.1. The average Bonchev–Trinajstić information content (AvgIpc) is 3.49. The quantitative estimate of drug-likeness (QED) is 0.284. The number of phenolic OH excluding ortho intramolecular Hbond substituents is 1. The molecule has 3 saturated heterocycles. The Morgan fingerprint density at radius 1 is 1.17 bits per heavy atom. The fraction of sp³-hybridized carbons (Fsp3) is 0.500. The summed E-state index contributed by atoms with van der Waals surface area (Å²) in [6.07, 6.45) is 2.98. The minimum absolute atomic E-state index is 0.0534. The molecule has 3 fully saturated rings. The number of aliphatic hydroxyl groups excluding tert-OH is 1. The van der Waals surface area contributed by atoms with Gasteiger partial charge < -0.3 is 24.6 Å². The van der Waals surface area contributed by atoms with E-state index >= 15 is 4.39 Å². The second-order valence-corrected chi connectivity index (χ2v) is 13.3.